The van der Waals surface area contributed by atoms with E-state index in [0.717, 1.165) is 25.7 Å². The van der Waals surface area contributed by atoms with Crippen LogP contribution in [0.4, 0.5) is 11.4 Å². The number of benzene rings is 1. The van der Waals surface area contributed by atoms with Crippen LogP contribution in [0.3, 0.4) is 0 Å². The molecule has 1 aliphatic carbocycles. The summed E-state index contributed by atoms with van der Waals surface area (Å²) in [6.45, 7) is 1.94. The monoisotopic (exact) mass is 294 g/mol. The van der Waals surface area contributed by atoms with Crippen molar-refractivity contribution in [2.75, 3.05) is 18.1 Å². The first kappa shape index (κ1) is 15.7. The number of hydrogen-bond acceptors (Lipinski definition) is 5. The van der Waals surface area contributed by atoms with Gasteiger partial charge in [-0.2, -0.15) is 0 Å². The predicted octanol–water partition coefficient (Wildman–Crippen LogP) is 2.39. The minimum absolute atomic E-state index is 0.00579. The van der Waals surface area contributed by atoms with Gasteiger partial charge in [0.2, 0.25) is 0 Å². The molecular weight excluding hydrogens is 272 g/mol. The summed E-state index contributed by atoms with van der Waals surface area (Å²) in [7, 11) is 0. The summed E-state index contributed by atoms with van der Waals surface area (Å²) in [6, 6.07) is 5.08. The summed E-state index contributed by atoms with van der Waals surface area (Å²) in [5.41, 5.74) is 1.06. The molecule has 0 unspecified atom stereocenters. The highest BCUT2D eigenvalue weighted by atomic mass is 16.6. The number of nitro benzene ring substituents is 1. The molecule has 1 saturated carbocycles. The van der Waals surface area contributed by atoms with Gasteiger partial charge in [0.1, 0.15) is 5.69 Å². The van der Waals surface area contributed by atoms with Crippen molar-refractivity contribution in [2.24, 2.45) is 0 Å². The third kappa shape index (κ3) is 3.51. The molecule has 0 saturated heterocycles. The molecule has 1 aliphatic rings. The van der Waals surface area contributed by atoms with Gasteiger partial charge in [0.25, 0.3) is 5.69 Å². The normalized spacial score (nSPS) is 16.9. The van der Waals surface area contributed by atoms with E-state index >= 15 is 0 Å². The predicted molar refractivity (Wildman–Crippen MR) is 80.4 cm³/mol. The van der Waals surface area contributed by atoms with E-state index in [2.05, 4.69) is 0 Å². The summed E-state index contributed by atoms with van der Waals surface area (Å²) in [4.78, 5) is 12.9. The number of aliphatic hydroxyl groups excluding tert-OH is 2. The van der Waals surface area contributed by atoms with E-state index in [-0.39, 0.29) is 18.3 Å². The van der Waals surface area contributed by atoms with Gasteiger partial charge in [-0.3, -0.25) is 10.1 Å². The molecule has 1 atom stereocenters. The number of rotatable bonds is 6. The molecule has 0 radical (unpaired) electrons. The molecule has 0 aromatic heterocycles. The maximum absolute atomic E-state index is 11.4. The Morgan fingerprint density at radius 2 is 2.10 bits per heavy atom. The zero-order valence-corrected chi connectivity index (χ0v) is 12.2. The first-order chi connectivity index (χ1) is 10.0. The van der Waals surface area contributed by atoms with Gasteiger partial charge in [0.05, 0.1) is 17.6 Å². The topological polar surface area (TPSA) is 86.8 Å². The first-order valence-electron chi connectivity index (χ1n) is 7.38. The van der Waals surface area contributed by atoms with Crippen LogP contribution < -0.4 is 4.90 Å². The van der Waals surface area contributed by atoms with Crippen LogP contribution in [0.25, 0.3) is 0 Å². The first-order valence-corrected chi connectivity index (χ1v) is 7.38. The average Bonchev–Trinajstić information content (AvgIpc) is 2.98. The molecule has 1 aromatic rings. The van der Waals surface area contributed by atoms with Crippen LogP contribution in [-0.4, -0.2) is 34.3 Å². The molecule has 0 spiro atoms. The van der Waals surface area contributed by atoms with E-state index < -0.39 is 11.0 Å². The van der Waals surface area contributed by atoms with Gasteiger partial charge in [-0.15, -0.1) is 0 Å². The molecule has 1 aromatic carbocycles. The van der Waals surface area contributed by atoms with Crippen LogP contribution in [0.1, 0.15) is 44.3 Å². The second-order valence-electron chi connectivity index (χ2n) is 5.54. The van der Waals surface area contributed by atoms with Crippen molar-refractivity contribution >= 4 is 11.4 Å². The molecule has 116 valence electrons. The minimum atomic E-state index is -0.740. The van der Waals surface area contributed by atoms with Crippen LogP contribution in [0, 0.1) is 10.1 Å². The second-order valence-corrected chi connectivity index (χ2v) is 5.54. The van der Waals surface area contributed by atoms with Gasteiger partial charge < -0.3 is 15.1 Å². The number of anilines is 1. The second kappa shape index (κ2) is 6.87. The van der Waals surface area contributed by atoms with Crippen LogP contribution in [0.2, 0.25) is 0 Å². The van der Waals surface area contributed by atoms with E-state index in [1.54, 1.807) is 19.1 Å². The van der Waals surface area contributed by atoms with Crippen molar-refractivity contribution in [3.05, 3.63) is 33.9 Å². The van der Waals surface area contributed by atoms with Gasteiger partial charge >= 0.3 is 0 Å². The Balaban J connectivity index is 2.40. The minimum Gasteiger partial charge on any atom is -0.395 e. The molecule has 2 N–H and O–H groups in total. The highest BCUT2D eigenvalue weighted by Crippen LogP contribution is 2.35. The fraction of sp³-hybridized carbons (Fsp3) is 0.600. The van der Waals surface area contributed by atoms with E-state index in [1.165, 1.54) is 6.07 Å². The van der Waals surface area contributed by atoms with E-state index in [1.807, 2.05) is 4.90 Å². The van der Waals surface area contributed by atoms with Crippen LogP contribution in [-0.2, 0) is 0 Å². The average molecular weight is 294 g/mol. The molecular formula is C15H22N2O4. The van der Waals surface area contributed by atoms with Crippen LogP contribution >= 0.6 is 0 Å². The number of aliphatic hydroxyl groups is 2. The van der Waals surface area contributed by atoms with Crippen molar-refractivity contribution < 1.29 is 15.1 Å². The lowest BCUT2D eigenvalue weighted by atomic mass is 10.1. The SMILES string of the molecule is C[C@@H](O)c1ccc(N(CCO)C2CCCC2)c([N+](=O)[O-])c1. The Labute approximate surface area is 124 Å². The quantitative estimate of drug-likeness (QED) is 0.621. The molecule has 0 heterocycles. The maximum Gasteiger partial charge on any atom is 0.292 e. The van der Waals surface area contributed by atoms with Gasteiger partial charge in [-0.25, -0.2) is 0 Å². The van der Waals surface area contributed by atoms with Crippen molar-refractivity contribution in [1.29, 1.82) is 0 Å². The van der Waals surface area contributed by atoms with Crippen LogP contribution in [0.5, 0.6) is 0 Å². The Hall–Kier alpha value is -1.66. The lowest BCUT2D eigenvalue weighted by molar-refractivity contribution is -0.384. The Bertz CT molecular complexity index is 498. The molecule has 0 amide bonds. The summed E-state index contributed by atoms with van der Waals surface area (Å²) >= 11 is 0. The highest BCUT2D eigenvalue weighted by Gasteiger charge is 2.28. The summed E-state index contributed by atoms with van der Waals surface area (Å²) in [5, 5.41) is 30.2. The van der Waals surface area contributed by atoms with E-state index in [9.17, 15) is 20.3 Å². The maximum atomic E-state index is 11.4. The number of nitrogens with zero attached hydrogens (tertiary/aromatic N) is 2. The van der Waals surface area contributed by atoms with Crippen molar-refractivity contribution in [3.63, 3.8) is 0 Å². The van der Waals surface area contributed by atoms with E-state index in [0.29, 0.717) is 17.8 Å². The van der Waals surface area contributed by atoms with Crippen molar-refractivity contribution in [3.8, 4) is 0 Å². The van der Waals surface area contributed by atoms with Crippen molar-refractivity contribution in [1.82, 2.24) is 0 Å². The van der Waals surface area contributed by atoms with E-state index in [4.69, 9.17) is 0 Å². The molecule has 1 fully saturated rings. The molecule has 0 aliphatic heterocycles. The lowest BCUT2D eigenvalue weighted by Crippen LogP contribution is -2.36. The molecule has 0 bridgehead atoms. The third-order valence-electron chi connectivity index (χ3n) is 4.09. The molecule has 2 rings (SSSR count). The van der Waals surface area contributed by atoms with Gasteiger partial charge in [0, 0.05) is 18.7 Å². The Kier molecular flexibility index (Phi) is 5.14. The zero-order chi connectivity index (χ0) is 15.4. The fourth-order valence-corrected chi connectivity index (χ4v) is 3.01. The Morgan fingerprint density at radius 3 is 2.62 bits per heavy atom. The Morgan fingerprint density at radius 1 is 1.43 bits per heavy atom. The van der Waals surface area contributed by atoms with Gasteiger partial charge in [-0.1, -0.05) is 18.9 Å². The molecule has 6 heteroatoms. The highest BCUT2D eigenvalue weighted by molar-refractivity contribution is 5.65. The largest absolute Gasteiger partial charge is 0.395 e. The smallest absolute Gasteiger partial charge is 0.292 e. The molecule has 6 nitrogen and oxygen atoms in total. The zero-order valence-electron chi connectivity index (χ0n) is 12.2. The van der Waals surface area contributed by atoms with Gasteiger partial charge in [0.15, 0.2) is 0 Å². The number of hydrogen-bond donors (Lipinski definition) is 2. The summed E-state index contributed by atoms with van der Waals surface area (Å²) < 4.78 is 0. The van der Waals surface area contributed by atoms with Crippen molar-refractivity contribution in [2.45, 2.75) is 44.8 Å². The number of nitro groups is 1. The fourth-order valence-electron chi connectivity index (χ4n) is 3.01. The summed E-state index contributed by atoms with van der Waals surface area (Å²) in [6.07, 6.45) is 3.48. The standard InChI is InChI=1S/C15H22N2O4/c1-11(19)12-6-7-14(15(10-12)17(20)21)16(8-9-18)13-4-2-3-5-13/h6-7,10-11,13,18-19H,2-5,8-9H2,1H3/t11-/m1/s1. The third-order valence-corrected chi connectivity index (χ3v) is 4.09. The summed E-state index contributed by atoms with van der Waals surface area (Å²) in [5.74, 6) is 0. The van der Waals surface area contributed by atoms with Gasteiger partial charge in [-0.05, 0) is 31.4 Å². The molecule has 21 heavy (non-hydrogen) atoms. The lowest BCUT2D eigenvalue weighted by Gasteiger charge is -2.30. The van der Waals surface area contributed by atoms with Crippen LogP contribution in [0.15, 0.2) is 18.2 Å².